The van der Waals surface area contributed by atoms with Crippen LogP contribution in [0.3, 0.4) is 0 Å². The Labute approximate surface area is 108 Å². The van der Waals surface area contributed by atoms with E-state index < -0.39 is 0 Å². The van der Waals surface area contributed by atoms with Crippen LogP contribution >= 0.6 is 15.9 Å². The van der Waals surface area contributed by atoms with E-state index in [9.17, 15) is 4.39 Å². The van der Waals surface area contributed by atoms with Gasteiger partial charge in [0.2, 0.25) is 0 Å². The highest BCUT2D eigenvalue weighted by molar-refractivity contribution is 9.10. The molecule has 0 fully saturated rings. The van der Waals surface area contributed by atoms with Gasteiger partial charge in [-0.3, -0.25) is 0 Å². The second-order valence-electron chi connectivity index (χ2n) is 3.66. The highest BCUT2D eigenvalue weighted by Crippen LogP contribution is 2.17. The van der Waals surface area contributed by atoms with Crippen molar-refractivity contribution >= 4 is 15.9 Å². The van der Waals surface area contributed by atoms with Gasteiger partial charge in [0, 0.05) is 6.42 Å². The van der Waals surface area contributed by atoms with E-state index in [1.807, 2.05) is 36.4 Å². The predicted octanol–water partition coefficient (Wildman–Crippen LogP) is 4.21. The fourth-order valence-electron chi connectivity index (χ4n) is 1.50. The van der Waals surface area contributed by atoms with Crippen LogP contribution in [0.15, 0.2) is 53.0 Å². The van der Waals surface area contributed by atoms with Crippen molar-refractivity contribution in [1.82, 2.24) is 0 Å². The molecule has 0 unspecified atom stereocenters. The van der Waals surface area contributed by atoms with E-state index in [1.165, 1.54) is 6.07 Å². The van der Waals surface area contributed by atoms with E-state index in [0.717, 1.165) is 11.3 Å². The van der Waals surface area contributed by atoms with Gasteiger partial charge >= 0.3 is 0 Å². The van der Waals surface area contributed by atoms with Gasteiger partial charge in [-0.15, -0.1) is 0 Å². The smallest absolute Gasteiger partial charge is 0.137 e. The number of para-hydroxylation sites is 1. The van der Waals surface area contributed by atoms with E-state index >= 15 is 0 Å². The topological polar surface area (TPSA) is 9.23 Å². The summed E-state index contributed by atoms with van der Waals surface area (Å²) in [6.07, 6.45) is 0.694. The Morgan fingerprint density at radius 1 is 1.06 bits per heavy atom. The maximum absolute atomic E-state index is 13.2. The summed E-state index contributed by atoms with van der Waals surface area (Å²) in [4.78, 5) is 0. The maximum Gasteiger partial charge on any atom is 0.137 e. The molecule has 0 heterocycles. The molecule has 3 heteroatoms. The van der Waals surface area contributed by atoms with Crippen molar-refractivity contribution in [2.24, 2.45) is 0 Å². The highest BCUT2D eigenvalue weighted by atomic mass is 79.9. The number of hydrogen-bond acceptors (Lipinski definition) is 1. The zero-order valence-electron chi connectivity index (χ0n) is 9.20. The monoisotopic (exact) mass is 294 g/mol. The first-order chi connectivity index (χ1) is 8.25. The first-order valence-electron chi connectivity index (χ1n) is 5.37. The van der Waals surface area contributed by atoms with Crippen molar-refractivity contribution in [3.8, 4) is 5.75 Å². The third-order valence-electron chi connectivity index (χ3n) is 2.39. The van der Waals surface area contributed by atoms with E-state index in [4.69, 9.17) is 4.74 Å². The summed E-state index contributed by atoms with van der Waals surface area (Å²) in [5.41, 5.74) is 0.932. The average Bonchev–Trinajstić information content (AvgIpc) is 2.35. The molecule has 17 heavy (non-hydrogen) atoms. The molecule has 0 aliphatic carbocycles. The molecule has 0 radical (unpaired) electrons. The third-order valence-corrected chi connectivity index (χ3v) is 3.03. The molecule has 0 aromatic heterocycles. The van der Waals surface area contributed by atoms with Crippen LogP contribution in [-0.4, -0.2) is 6.61 Å². The van der Waals surface area contributed by atoms with Gasteiger partial charge in [0.05, 0.1) is 11.1 Å². The molecular weight excluding hydrogens is 283 g/mol. The van der Waals surface area contributed by atoms with Crippen molar-refractivity contribution in [3.05, 3.63) is 64.4 Å². The molecule has 1 nitrogen and oxygen atoms in total. The van der Waals surface area contributed by atoms with Crippen molar-refractivity contribution in [2.45, 2.75) is 6.42 Å². The first kappa shape index (κ1) is 12.1. The summed E-state index contributed by atoms with van der Waals surface area (Å²) >= 11 is 3.13. The Balaban J connectivity index is 1.88. The van der Waals surface area contributed by atoms with Crippen molar-refractivity contribution in [1.29, 1.82) is 0 Å². The minimum atomic E-state index is -0.234. The molecule has 2 rings (SSSR count). The molecule has 88 valence electrons. The van der Waals surface area contributed by atoms with Crippen molar-refractivity contribution < 1.29 is 9.13 Å². The van der Waals surface area contributed by atoms with Gasteiger partial charge in [-0.05, 0) is 45.8 Å². The van der Waals surface area contributed by atoms with Crippen molar-refractivity contribution in [2.75, 3.05) is 6.61 Å². The fourth-order valence-corrected chi connectivity index (χ4v) is 1.75. The predicted molar refractivity (Wildman–Crippen MR) is 69.7 cm³/mol. The van der Waals surface area contributed by atoms with Crippen LogP contribution in [0.4, 0.5) is 4.39 Å². The van der Waals surface area contributed by atoms with Gasteiger partial charge in [-0.25, -0.2) is 4.39 Å². The SMILES string of the molecule is Fc1cc(CCOc2ccccc2)ccc1Br. The van der Waals surface area contributed by atoms with Gasteiger partial charge in [0.25, 0.3) is 0 Å². The third kappa shape index (κ3) is 3.56. The lowest BCUT2D eigenvalue weighted by Gasteiger charge is -2.06. The maximum atomic E-state index is 13.2. The quantitative estimate of drug-likeness (QED) is 0.821. The molecular formula is C14H12BrFO. The molecule has 0 amide bonds. The number of halogens is 2. The van der Waals surface area contributed by atoms with Crippen LogP contribution in [0.1, 0.15) is 5.56 Å². The highest BCUT2D eigenvalue weighted by Gasteiger charge is 2.01. The van der Waals surface area contributed by atoms with Gasteiger partial charge in [-0.2, -0.15) is 0 Å². The number of hydrogen-bond donors (Lipinski definition) is 0. The Morgan fingerprint density at radius 2 is 1.82 bits per heavy atom. The average molecular weight is 295 g/mol. The van der Waals surface area contributed by atoms with Gasteiger partial charge < -0.3 is 4.74 Å². The Bertz CT molecular complexity index is 485. The molecule has 0 aliphatic rings. The van der Waals surface area contributed by atoms with E-state index in [-0.39, 0.29) is 5.82 Å². The first-order valence-corrected chi connectivity index (χ1v) is 6.17. The summed E-state index contributed by atoms with van der Waals surface area (Å²) in [6.45, 7) is 0.547. The number of benzene rings is 2. The summed E-state index contributed by atoms with van der Waals surface area (Å²) < 4.78 is 19.3. The lowest BCUT2D eigenvalue weighted by Crippen LogP contribution is -2.01. The lowest BCUT2D eigenvalue weighted by molar-refractivity contribution is 0.322. The lowest BCUT2D eigenvalue weighted by atomic mass is 10.1. The minimum Gasteiger partial charge on any atom is -0.493 e. The van der Waals surface area contributed by atoms with E-state index in [2.05, 4.69) is 15.9 Å². The number of ether oxygens (including phenoxy) is 1. The fraction of sp³-hybridized carbons (Fsp3) is 0.143. The molecule has 2 aromatic carbocycles. The van der Waals surface area contributed by atoms with Crippen LogP contribution < -0.4 is 4.74 Å². The Morgan fingerprint density at radius 3 is 2.53 bits per heavy atom. The summed E-state index contributed by atoms with van der Waals surface area (Å²) in [5.74, 6) is 0.604. The Kier molecular flexibility index (Phi) is 4.15. The van der Waals surface area contributed by atoms with Crippen LogP contribution in [0.25, 0.3) is 0 Å². The van der Waals surface area contributed by atoms with Crippen LogP contribution in [0.2, 0.25) is 0 Å². The summed E-state index contributed by atoms with van der Waals surface area (Å²) in [6, 6.07) is 14.7. The van der Waals surface area contributed by atoms with Crippen molar-refractivity contribution in [3.63, 3.8) is 0 Å². The molecule has 0 saturated carbocycles. The molecule has 0 atom stereocenters. The molecule has 0 bridgehead atoms. The largest absolute Gasteiger partial charge is 0.493 e. The molecule has 2 aromatic rings. The molecule has 0 saturated heterocycles. The van der Waals surface area contributed by atoms with Gasteiger partial charge in [0.1, 0.15) is 11.6 Å². The molecule has 0 aliphatic heterocycles. The van der Waals surface area contributed by atoms with Crippen LogP contribution in [0, 0.1) is 5.82 Å². The van der Waals surface area contributed by atoms with Gasteiger partial charge in [0.15, 0.2) is 0 Å². The minimum absolute atomic E-state index is 0.234. The molecule has 0 spiro atoms. The zero-order chi connectivity index (χ0) is 12.1. The molecule has 0 N–H and O–H groups in total. The van der Waals surface area contributed by atoms with Gasteiger partial charge in [-0.1, -0.05) is 24.3 Å². The second-order valence-corrected chi connectivity index (χ2v) is 4.51. The standard InChI is InChI=1S/C14H12BrFO/c15-13-7-6-11(10-14(13)16)8-9-17-12-4-2-1-3-5-12/h1-7,10H,8-9H2. The Hall–Kier alpha value is -1.35. The van der Waals surface area contributed by atoms with Crippen LogP contribution in [-0.2, 0) is 6.42 Å². The van der Waals surface area contributed by atoms with E-state index in [0.29, 0.717) is 17.5 Å². The van der Waals surface area contributed by atoms with Crippen LogP contribution in [0.5, 0.6) is 5.75 Å². The number of rotatable bonds is 4. The van der Waals surface area contributed by atoms with E-state index in [1.54, 1.807) is 6.07 Å². The second kappa shape index (κ2) is 5.82. The summed E-state index contributed by atoms with van der Waals surface area (Å²) in [5, 5.41) is 0. The summed E-state index contributed by atoms with van der Waals surface area (Å²) in [7, 11) is 0. The zero-order valence-corrected chi connectivity index (χ0v) is 10.8. The normalized spacial score (nSPS) is 10.2.